The molecule has 0 aliphatic carbocycles. The predicted octanol–water partition coefficient (Wildman–Crippen LogP) is 3.96. The van der Waals surface area contributed by atoms with E-state index in [1.807, 2.05) is 44.2 Å². The van der Waals surface area contributed by atoms with E-state index in [1.165, 1.54) is 5.01 Å². The highest BCUT2D eigenvalue weighted by molar-refractivity contribution is 5.92. The second kappa shape index (κ2) is 14.4. The monoisotopic (exact) mass is 577 g/mol. The van der Waals surface area contributed by atoms with Crippen molar-refractivity contribution in [1.82, 2.24) is 26.1 Å². The van der Waals surface area contributed by atoms with Crippen LogP contribution in [0.5, 0.6) is 0 Å². The van der Waals surface area contributed by atoms with Crippen molar-refractivity contribution in [3.05, 3.63) is 47.7 Å². The fourth-order valence-electron chi connectivity index (χ4n) is 5.24. The van der Waals surface area contributed by atoms with Gasteiger partial charge in [-0.1, -0.05) is 50.6 Å². The highest BCUT2D eigenvalue weighted by Gasteiger charge is 2.33. The lowest BCUT2D eigenvalue weighted by molar-refractivity contribution is -0.157. The molecule has 2 aromatic rings. The highest BCUT2D eigenvalue weighted by Crippen LogP contribution is 2.22. The summed E-state index contributed by atoms with van der Waals surface area (Å²) < 4.78 is 5.77. The molecule has 3 heterocycles. The minimum absolute atomic E-state index is 0.160. The van der Waals surface area contributed by atoms with Gasteiger partial charge in [0.1, 0.15) is 24.2 Å². The van der Waals surface area contributed by atoms with E-state index in [4.69, 9.17) is 9.72 Å². The molecule has 5 bridgehead atoms. The van der Waals surface area contributed by atoms with Crippen LogP contribution in [-0.2, 0) is 23.9 Å². The van der Waals surface area contributed by atoms with Gasteiger partial charge in [-0.25, -0.2) is 10.4 Å². The smallest absolute Gasteiger partial charge is 0.325 e. The number of benzene rings is 1. The number of carbonyl (C=O) groups is 4. The second-order valence-electron chi connectivity index (χ2n) is 11.6. The molecule has 42 heavy (non-hydrogen) atoms. The van der Waals surface area contributed by atoms with E-state index < -0.39 is 36.1 Å². The van der Waals surface area contributed by atoms with Crippen molar-refractivity contribution in [3.63, 3.8) is 0 Å². The number of nitrogens with one attached hydrogen (secondary N) is 3. The lowest BCUT2D eigenvalue weighted by Gasteiger charge is -2.35. The Hall–Kier alpha value is -3.79. The Morgan fingerprint density at radius 2 is 1.76 bits per heavy atom. The van der Waals surface area contributed by atoms with E-state index >= 15 is 0 Å². The van der Waals surface area contributed by atoms with Gasteiger partial charge >= 0.3 is 5.97 Å². The van der Waals surface area contributed by atoms with Crippen molar-refractivity contribution >= 4 is 40.7 Å². The summed E-state index contributed by atoms with van der Waals surface area (Å²) in [6.45, 7) is 7.49. The quantitative estimate of drug-likeness (QED) is 0.438. The molecule has 226 valence electrons. The van der Waals surface area contributed by atoms with Gasteiger partial charge < -0.3 is 15.4 Å². The van der Waals surface area contributed by atoms with Gasteiger partial charge in [-0.2, -0.15) is 0 Å². The average molecular weight is 578 g/mol. The number of hydrogen-bond donors (Lipinski definition) is 3. The number of pyridine rings is 1. The molecule has 10 heteroatoms. The maximum Gasteiger partial charge on any atom is 0.325 e. The Kier molecular flexibility index (Phi) is 10.7. The Morgan fingerprint density at radius 1 is 0.976 bits per heavy atom. The van der Waals surface area contributed by atoms with Crippen molar-refractivity contribution in [2.75, 3.05) is 6.54 Å². The fourth-order valence-corrected chi connectivity index (χ4v) is 5.24. The van der Waals surface area contributed by atoms with E-state index in [0.29, 0.717) is 31.5 Å². The van der Waals surface area contributed by atoms with Gasteiger partial charge in [-0.05, 0) is 69.6 Å². The minimum atomic E-state index is -0.855. The first-order valence-electron chi connectivity index (χ1n) is 15.1. The lowest BCUT2D eigenvalue weighted by atomic mass is 10.0. The number of nitrogens with zero attached hydrogens (tertiary/aromatic N) is 2. The molecule has 3 amide bonds. The van der Waals surface area contributed by atoms with Gasteiger partial charge in [-0.15, -0.1) is 0 Å². The molecule has 4 atom stereocenters. The van der Waals surface area contributed by atoms with Crippen LogP contribution in [0.2, 0.25) is 0 Å². The Bertz CT molecular complexity index is 1330. The molecule has 0 radical (unpaired) electrons. The van der Waals surface area contributed by atoms with E-state index in [-0.39, 0.29) is 17.7 Å². The summed E-state index contributed by atoms with van der Waals surface area (Å²) in [4.78, 5) is 56.8. The standard InChI is InChI=1S/C32H43N5O5/c1-20(2)29-30(39)33-21(3)31(40)37-18-10-12-26(36-37)32(41)42-22(4)25-17-16-24-15-14-23(19-27(24)34-25)11-8-6-5-7-9-13-28(38)35-29/h8,11,14-17,19-22,26,29,36H,5-7,9-10,12-13,18H2,1-4H3,(H,33,39)(H,35,38)/b11-8+/t21-,22+,26-,29-/m0/s1. The Balaban J connectivity index is 1.53. The number of amides is 3. The molecule has 2 aliphatic heterocycles. The summed E-state index contributed by atoms with van der Waals surface area (Å²) in [6.07, 6.45) is 8.51. The molecule has 1 aromatic heterocycles. The Morgan fingerprint density at radius 3 is 2.55 bits per heavy atom. The number of hydrogen-bond acceptors (Lipinski definition) is 7. The second-order valence-corrected chi connectivity index (χ2v) is 11.6. The number of rotatable bonds is 1. The van der Waals surface area contributed by atoms with Crippen molar-refractivity contribution in [2.24, 2.45) is 5.92 Å². The number of hydrazine groups is 1. The van der Waals surface area contributed by atoms with Gasteiger partial charge in [-0.3, -0.25) is 24.2 Å². The lowest BCUT2D eigenvalue weighted by Crippen LogP contribution is -2.61. The van der Waals surface area contributed by atoms with Crippen LogP contribution in [-0.4, -0.2) is 58.4 Å². The number of ether oxygens (including phenoxy) is 1. The number of carbonyl (C=O) groups excluding carboxylic acids is 4. The van der Waals surface area contributed by atoms with Crippen LogP contribution in [0.25, 0.3) is 17.0 Å². The third kappa shape index (κ3) is 8.15. The van der Waals surface area contributed by atoms with Gasteiger partial charge in [0.2, 0.25) is 11.8 Å². The largest absolute Gasteiger partial charge is 0.455 e. The maximum atomic E-state index is 13.2. The van der Waals surface area contributed by atoms with Crippen LogP contribution in [0.1, 0.15) is 90.0 Å². The van der Waals surface area contributed by atoms with Crippen LogP contribution >= 0.6 is 0 Å². The van der Waals surface area contributed by atoms with Crippen LogP contribution in [0.15, 0.2) is 36.4 Å². The molecule has 3 N–H and O–H groups in total. The van der Waals surface area contributed by atoms with Crippen LogP contribution in [0, 0.1) is 5.92 Å². The number of allylic oxidation sites excluding steroid dienone is 1. The van der Waals surface area contributed by atoms with E-state index in [2.05, 4.69) is 28.2 Å². The third-order valence-electron chi connectivity index (χ3n) is 7.76. The van der Waals surface area contributed by atoms with E-state index in [1.54, 1.807) is 13.8 Å². The van der Waals surface area contributed by atoms with Crippen molar-refractivity contribution in [3.8, 4) is 0 Å². The maximum absolute atomic E-state index is 13.2. The van der Waals surface area contributed by atoms with Crippen molar-refractivity contribution < 1.29 is 23.9 Å². The number of esters is 1. The summed E-state index contributed by atoms with van der Waals surface area (Å²) in [5.41, 5.74) is 5.48. The zero-order chi connectivity index (χ0) is 30.2. The molecule has 1 aromatic carbocycles. The third-order valence-corrected chi connectivity index (χ3v) is 7.76. The number of aromatic nitrogens is 1. The summed E-state index contributed by atoms with van der Waals surface area (Å²) >= 11 is 0. The summed E-state index contributed by atoms with van der Waals surface area (Å²) in [5, 5.41) is 7.96. The SMILES string of the molecule is CC(C)[C@@H]1NC(=O)CCCCC/C=C/c2ccc3ccc(nc3c2)[C@@H](C)OC(=O)[C@@H]2CCCN(N2)C(=O)[C@H](C)NC1=O. The first-order valence-corrected chi connectivity index (χ1v) is 15.1. The molecule has 4 rings (SSSR count). The molecular weight excluding hydrogens is 534 g/mol. The normalized spacial score (nSPS) is 26.4. The number of fused-ring (bicyclic) bond motifs is 4. The molecular formula is C32H43N5O5. The molecule has 0 unspecified atom stereocenters. The molecule has 1 saturated heterocycles. The predicted molar refractivity (Wildman–Crippen MR) is 161 cm³/mol. The first kappa shape index (κ1) is 31.2. The van der Waals surface area contributed by atoms with Gasteiger partial charge in [0.25, 0.3) is 5.91 Å². The average Bonchev–Trinajstić information content (AvgIpc) is 2.97. The summed E-state index contributed by atoms with van der Waals surface area (Å²) in [6, 6.07) is 7.60. The van der Waals surface area contributed by atoms with Crippen molar-refractivity contribution in [1.29, 1.82) is 0 Å². The molecule has 0 spiro atoms. The van der Waals surface area contributed by atoms with E-state index in [9.17, 15) is 19.2 Å². The zero-order valence-electron chi connectivity index (χ0n) is 25.0. The Labute approximate surface area is 247 Å². The topological polar surface area (TPSA) is 130 Å². The minimum Gasteiger partial charge on any atom is -0.455 e. The van der Waals surface area contributed by atoms with Crippen molar-refractivity contribution in [2.45, 2.75) is 96.9 Å². The zero-order valence-corrected chi connectivity index (χ0v) is 25.0. The van der Waals surface area contributed by atoms with Crippen LogP contribution in [0.3, 0.4) is 0 Å². The molecule has 0 saturated carbocycles. The van der Waals surface area contributed by atoms with Crippen LogP contribution in [0.4, 0.5) is 0 Å². The molecule has 10 nitrogen and oxygen atoms in total. The van der Waals surface area contributed by atoms with Gasteiger partial charge in [0, 0.05) is 18.4 Å². The fraction of sp³-hybridized carbons (Fsp3) is 0.531. The van der Waals surface area contributed by atoms with Gasteiger partial charge in [0.15, 0.2) is 0 Å². The van der Waals surface area contributed by atoms with Crippen LogP contribution < -0.4 is 16.1 Å². The summed E-state index contributed by atoms with van der Waals surface area (Å²) in [5.74, 6) is -1.59. The molecule has 2 aliphatic rings. The summed E-state index contributed by atoms with van der Waals surface area (Å²) in [7, 11) is 0. The first-order chi connectivity index (χ1) is 20.1. The van der Waals surface area contributed by atoms with Gasteiger partial charge in [0.05, 0.1) is 11.2 Å². The number of cyclic esters (lactones) is 1. The highest BCUT2D eigenvalue weighted by atomic mass is 16.5. The molecule has 1 fully saturated rings. The van der Waals surface area contributed by atoms with E-state index in [0.717, 1.165) is 42.1 Å².